The highest BCUT2D eigenvalue weighted by atomic mass is 79.9. The molecule has 1 unspecified atom stereocenters. The van der Waals surface area contributed by atoms with Crippen molar-refractivity contribution in [3.8, 4) is 0 Å². The molecular weight excluding hydrogens is 306 g/mol. The minimum Gasteiger partial charge on any atom is -0.316 e. The van der Waals surface area contributed by atoms with E-state index in [1.54, 1.807) is 12.3 Å². The Kier molecular flexibility index (Phi) is 3.82. The highest BCUT2D eigenvalue weighted by molar-refractivity contribution is 9.10. The average molecular weight is 320 g/mol. The van der Waals surface area contributed by atoms with Crippen LogP contribution in [0.4, 0.5) is 0 Å². The molecule has 0 amide bonds. The maximum absolute atomic E-state index is 12.3. The number of halogens is 1. The van der Waals surface area contributed by atoms with E-state index in [1.165, 1.54) is 10.5 Å². The second-order valence-electron chi connectivity index (χ2n) is 3.98. The molecule has 2 heterocycles. The topological polar surface area (TPSA) is 62.3 Å². The monoisotopic (exact) mass is 319 g/mol. The van der Waals surface area contributed by atoms with E-state index in [9.17, 15) is 8.42 Å². The third-order valence-corrected chi connectivity index (χ3v) is 5.14. The smallest absolute Gasteiger partial charge is 0.244 e. The number of likely N-dealkylation sites (N-methyl/N-ethyl adjacent to an activating group) is 1. The zero-order chi connectivity index (χ0) is 12.5. The molecule has 1 aromatic rings. The van der Waals surface area contributed by atoms with Crippen LogP contribution in [0.25, 0.3) is 0 Å². The predicted molar refractivity (Wildman–Crippen MR) is 68.2 cm³/mol. The highest BCUT2D eigenvalue weighted by Gasteiger charge is 2.32. The van der Waals surface area contributed by atoms with Gasteiger partial charge in [-0.3, -0.25) is 4.98 Å². The summed E-state index contributed by atoms with van der Waals surface area (Å²) in [4.78, 5) is 4.13. The molecule has 1 aliphatic heterocycles. The van der Waals surface area contributed by atoms with Crippen LogP contribution in [-0.2, 0) is 10.0 Å². The fourth-order valence-electron chi connectivity index (χ4n) is 1.86. The van der Waals surface area contributed by atoms with Crippen LogP contribution in [0.1, 0.15) is 6.42 Å². The summed E-state index contributed by atoms with van der Waals surface area (Å²) in [5.41, 5.74) is 0. The van der Waals surface area contributed by atoms with Crippen molar-refractivity contribution in [2.75, 3.05) is 20.1 Å². The number of rotatable bonds is 3. The summed E-state index contributed by atoms with van der Waals surface area (Å²) in [6, 6.07) is 1.82. The normalized spacial score (nSPS) is 21.9. The van der Waals surface area contributed by atoms with Gasteiger partial charge in [-0.25, -0.2) is 8.42 Å². The van der Waals surface area contributed by atoms with E-state index in [0.717, 1.165) is 6.42 Å². The number of nitrogens with zero attached hydrogens (tertiary/aromatic N) is 2. The first kappa shape index (κ1) is 12.9. The minimum atomic E-state index is -3.40. The lowest BCUT2D eigenvalue weighted by atomic mass is 10.3. The number of hydrogen-bond donors (Lipinski definition) is 1. The highest BCUT2D eigenvalue weighted by Crippen LogP contribution is 2.22. The van der Waals surface area contributed by atoms with Gasteiger partial charge in [-0.1, -0.05) is 0 Å². The van der Waals surface area contributed by atoms with Crippen LogP contribution in [0.15, 0.2) is 27.8 Å². The quantitative estimate of drug-likeness (QED) is 0.896. The maximum Gasteiger partial charge on any atom is 0.244 e. The Balaban J connectivity index is 2.25. The van der Waals surface area contributed by atoms with E-state index < -0.39 is 10.0 Å². The van der Waals surface area contributed by atoms with Gasteiger partial charge < -0.3 is 5.32 Å². The molecule has 94 valence electrons. The van der Waals surface area contributed by atoms with Gasteiger partial charge in [0.1, 0.15) is 4.90 Å². The Hall–Kier alpha value is -0.500. The molecule has 0 saturated carbocycles. The van der Waals surface area contributed by atoms with Gasteiger partial charge in [-0.15, -0.1) is 0 Å². The van der Waals surface area contributed by atoms with Crippen LogP contribution in [-0.4, -0.2) is 43.9 Å². The third-order valence-electron chi connectivity index (χ3n) is 2.88. The Bertz CT molecular complexity index is 506. The van der Waals surface area contributed by atoms with E-state index in [1.807, 2.05) is 7.05 Å². The molecule has 0 aliphatic carbocycles. The number of hydrogen-bond acceptors (Lipinski definition) is 4. The minimum absolute atomic E-state index is 0.239. The summed E-state index contributed by atoms with van der Waals surface area (Å²) in [6.45, 7) is 1.08. The SMILES string of the molecule is CNC1CCN(S(=O)(=O)c2cncc(Br)c2)C1. The Labute approximate surface area is 109 Å². The molecule has 1 aromatic heterocycles. The second-order valence-corrected chi connectivity index (χ2v) is 6.83. The van der Waals surface area contributed by atoms with Gasteiger partial charge in [0.15, 0.2) is 0 Å². The van der Waals surface area contributed by atoms with Crippen LogP contribution >= 0.6 is 15.9 Å². The molecule has 0 bridgehead atoms. The first-order valence-corrected chi connectivity index (χ1v) is 7.55. The average Bonchev–Trinajstić information content (AvgIpc) is 2.78. The van der Waals surface area contributed by atoms with Crippen LogP contribution < -0.4 is 5.32 Å². The van der Waals surface area contributed by atoms with E-state index >= 15 is 0 Å². The molecule has 1 aliphatic rings. The van der Waals surface area contributed by atoms with E-state index in [4.69, 9.17) is 0 Å². The van der Waals surface area contributed by atoms with E-state index in [-0.39, 0.29) is 10.9 Å². The van der Waals surface area contributed by atoms with Crippen LogP contribution in [0, 0.1) is 0 Å². The number of aromatic nitrogens is 1. The van der Waals surface area contributed by atoms with Gasteiger partial charge in [-0.2, -0.15) is 4.31 Å². The Morgan fingerprint density at radius 1 is 1.53 bits per heavy atom. The standard InChI is InChI=1S/C10H14BrN3O2S/c1-12-9-2-3-14(7-9)17(15,16)10-4-8(11)5-13-6-10/h4-6,9,12H,2-3,7H2,1H3. The number of nitrogens with one attached hydrogen (secondary N) is 1. The lowest BCUT2D eigenvalue weighted by Crippen LogP contribution is -2.33. The first-order chi connectivity index (χ1) is 8.04. The molecule has 0 aromatic carbocycles. The van der Waals surface area contributed by atoms with Gasteiger partial charge in [0.2, 0.25) is 10.0 Å². The summed E-state index contributed by atoms with van der Waals surface area (Å²) in [7, 11) is -1.55. The Morgan fingerprint density at radius 3 is 2.88 bits per heavy atom. The lowest BCUT2D eigenvalue weighted by molar-refractivity contribution is 0.464. The zero-order valence-electron chi connectivity index (χ0n) is 9.43. The molecule has 17 heavy (non-hydrogen) atoms. The molecule has 1 saturated heterocycles. The van der Waals surface area contributed by atoms with E-state index in [2.05, 4.69) is 26.2 Å². The third kappa shape index (κ3) is 2.67. The van der Waals surface area contributed by atoms with Crippen LogP contribution in [0.3, 0.4) is 0 Å². The summed E-state index contributed by atoms with van der Waals surface area (Å²) in [5.74, 6) is 0. The molecule has 2 rings (SSSR count). The number of pyridine rings is 1. The Morgan fingerprint density at radius 2 is 2.29 bits per heavy atom. The van der Waals surface area contributed by atoms with E-state index in [0.29, 0.717) is 17.6 Å². The van der Waals surface area contributed by atoms with Crippen molar-refractivity contribution in [2.24, 2.45) is 0 Å². The molecule has 7 heteroatoms. The van der Waals surface area contributed by atoms with Gasteiger partial charge in [0.05, 0.1) is 0 Å². The molecule has 0 radical (unpaired) electrons. The summed E-state index contributed by atoms with van der Waals surface area (Å²) in [5, 5.41) is 3.10. The summed E-state index contributed by atoms with van der Waals surface area (Å²) in [6.07, 6.45) is 3.80. The lowest BCUT2D eigenvalue weighted by Gasteiger charge is -2.16. The van der Waals surface area contributed by atoms with Gasteiger partial charge >= 0.3 is 0 Å². The van der Waals surface area contributed by atoms with Gasteiger partial charge in [0, 0.05) is 36.0 Å². The molecule has 1 fully saturated rings. The van der Waals surface area contributed by atoms with Crippen molar-refractivity contribution in [1.29, 1.82) is 0 Å². The molecule has 1 atom stereocenters. The zero-order valence-corrected chi connectivity index (χ0v) is 11.8. The van der Waals surface area contributed by atoms with Crippen molar-refractivity contribution in [3.05, 3.63) is 22.9 Å². The van der Waals surface area contributed by atoms with Crippen molar-refractivity contribution in [3.63, 3.8) is 0 Å². The van der Waals surface area contributed by atoms with Gasteiger partial charge in [-0.05, 0) is 35.5 Å². The van der Waals surface area contributed by atoms with Crippen molar-refractivity contribution >= 4 is 26.0 Å². The summed E-state index contributed by atoms with van der Waals surface area (Å²) >= 11 is 3.23. The maximum atomic E-state index is 12.3. The second kappa shape index (κ2) is 5.01. The molecule has 5 nitrogen and oxygen atoms in total. The van der Waals surface area contributed by atoms with Crippen molar-refractivity contribution in [1.82, 2.24) is 14.6 Å². The molecular formula is C10H14BrN3O2S. The largest absolute Gasteiger partial charge is 0.316 e. The van der Waals surface area contributed by atoms with Crippen molar-refractivity contribution < 1.29 is 8.42 Å². The fraction of sp³-hybridized carbons (Fsp3) is 0.500. The first-order valence-electron chi connectivity index (χ1n) is 5.32. The fourth-order valence-corrected chi connectivity index (χ4v) is 3.87. The molecule has 0 spiro atoms. The molecule has 1 N–H and O–H groups in total. The predicted octanol–water partition coefficient (Wildman–Crippen LogP) is 0.827. The van der Waals surface area contributed by atoms with Crippen LogP contribution in [0.5, 0.6) is 0 Å². The van der Waals surface area contributed by atoms with Crippen molar-refractivity contribution in [2.45, 2.75) is 17.4 Å². The summed E-state index contributed by atoms with van der Waals surface area (Å²) < 4.78 is 26.7. The van der Waals surface area contributed by atoms with Gasteiger partial charge in [0.25, 0.3) is 0 Å². The number of sulfonamides is 1. The van der Waals surface area contributed by atoms with Crippen LogP contribution in [0.2, 0.25) is 0 Å².